The van der Waals surface area contributed by atoms with Gasteiger partial charge < -0.3 is 4.40 Å². The summed E-state index contributed by atoms with van der Waals surface area (Å²) in [7, 11) is 0. The molecule has 4 heterocycles. The Bertz CT molecular complexity index is 3930. The van der Waals surface area contributed by atoms with Gasteiger partial charge in [0.15, 0.2) is 0 Å². The number of hydrogen-bond acceptors (Lipinski definition) is 2. The first kappa shape index (κ1) is 33.3. The molecule has 8 aromatic carbocycles. The molecule has 12 aromatic rings. The van der Waals surface area contributed by atoms with E-state index in [1.165, 1.54) is 98.2 Å². The van der Waals surface area contributed by atoms with Crippen LogP contribution in [0, 0.1) is 0 Å². The van der Waals surface area contributed by atoms with Crippen LogP contribution in [-0.4, -0.2) is 18.9 Å². The van der Waals surface area contributed by atoms with Crippen molar-refractivity contribution in [1.82, 2.24) is 18.9 Å². The number of benzene rings is 8. The number of aromatic nitrogens is 4. The van der Waals surface area contributed by atoms with Crippen molar-refractivity contribution in [3.63, 3.8) is 0 Å². The molecule has 0 amide bonds. The monoisotopic (exact) mass is 778 g/mol. The highest BCUT2D eigenvalue weighted by atomic mass is 15.2. The van der Waals surface area contributed by atoms with E-state index in [0.29, 0.717) is 5.95 Å². The summed E-state index contributed by atoms with van der Waals surface area (Å²) in [5.74, 6) is 0.699. The minimum absolute atomic E-state index is 0.216. The highest BCUT2D eigenvalue weighted by molar-refractivity contribution is 6.39. The largest absolute Gasteiger partial charge is 0.307 e. The Kier molecular flexibility index (Phi) is 6.44. The first-order valence-corrected chi connectivity index (χ1v) is 21.5. The van der Waals surface area contributed by atoms with E-state index in [1.54, 1.807) is 0 Å². The van der Waals surface area contributed by atoms with Gasteiger partial charge in [0.05, 0.1) is 39.0 Å². The third kappa shape index (κ3) is 4.29. The SMILES string of the molecule is CC1(C)C2=C(C=CCC2)c2nc(-n3c4ccccc4c4c3c3ccccc3c3c5cccc6c7cc8ccccc8cc7n(c65)c34)nc(-c3ccc(-c4ccccc4)cc3)c21. The molecule has 0 saturated carbocycles. The lowest BCUT2D eigenvalue weighted by molar-refractivity contribution is 0.604. The summed E-state index contributed by atoms with van der Waals surface area (Å²) < 4.78 is 4.96. The summed E-state index contributed by atoms with van der Waals surface area (Å²) >= 11 is 0. The molecule has 0 aliphatic heterocycles. The second-order valence-electron chi connectivity index (χ2n) is 17.6. The van der Waals surface area contributed by atoms with Crippen molar-refractivity contribution in [2.45, 2.75) is 32.1 Å². The topological polar surface area (TPSA) is 35.1 Å². The van der Waals surface area contributed by atoms with Crippen LogP contribution in [0.4, 0.5) is 0 Å². The van der Waals surface area contributed by atoms with Gasteiger partial charge in [0, 0.05) is 59.8 Å². The molecule has 0 unspecified atom stereocenters. The van der Waals surface area contributed by atoms with Crippen LogP contribution in [0.5, 0.6) is 0 Å². The van der Waals surface area contributed by atoms with Gasteiger partial charge in [-0.05, 0) is 58.3 Å². The first-order valence-electron chi connectivity index (χ1n) is 21.5. The Labute approximate surface area is 351 Å². The van der Waals surface area contributed by atoms with E-state index in [1.807, 2.05) is 0 Å². The molecule has 2 aliphatic carbocycles. The summed E-state index contributed by atoms with van der Waals surface area (Å²) in [6.45, 7) is 4.75. The quantitative estimate of drug-likeness (QED) is 0.179. The van der Waals surface area contributed by atoms with Crippen molar-refractivity contribution >= 4 is 87.0 Å². The van der Waals surface area contributed by atoms with Gasteiger partial charge in [0.25, 0.3) is 0 Å². The van der Waals surface area contributed by atoms with Gasteiger partial charge in [0.2, 0.25) is 5.95 Å². The average molecular weight is 779 g/mol. The summed E-state index contributed by atoms with van der Waals surface area (Å²) in [5, 5.41) is 12.5. The van der Waals surface area contributed by atoms with Crippen LogP contribution in [-0.2, 0) is 5.41 Å². The number of para-hydroxylation sites is 2. The fraction of sp³-hybridized carbons (Fsp3) is 0.0877. The Morgan fingerprint density at radius 2 is 1.13 bits per heavy atom. The van der Waals surface area contributed by atoms with Gasteiger partial charge in [-0.15, -0.1) is 0 Å². The predicted octanol–water partition coefficient (Wildman–Crippen LogP) is 14.8. The van der Waals surface area contributed by atoms with Gasteiger partial charge in [-0.1, -0.05) is 171 Å². The minimum Gasteiger partial charge on any atom is -0.307 e. The van der Waals surface area contributed by atoms with Gasteiger partial charge >= 0.3 is 0 Å². The third-order valence-corrected chi connectivity index (χ3v) is 14.1. The molecule has 0 spiro atoms. The van der Waals surface area contributed by atoms with Crippen molar-refractivity contribution < 1.29 is 0 Å². The van der Waals surface area contributed by atoms with Crippen LogP contribution >= 0.6 is 0 Å². The molecular formula is C57H38N4. The van der Waals surface area contributed by atoms with Crippen molar-refractivity contribution in [2.24, 2.45) is 0 Å². The van der Waals surface area contributed by atoms with Crippen molar-refractivity contribution in [2.75, 3.05) is 0 Å². The van der Waals surface area contributed by atoms with Crippen LogP contribution in [0.3, 0.4) is 0 Å². The number of allylic oxidation sites excluding steroid dienone is 4. The van der Waals surface area contributed by atoms with Gasteiger partial charge in [-0.25, -0.2) is 9.97 Å². The number of rotatable bonds is 3. The van der Waals surface area contributed by atoms with Crippen molar-refractivity contribution in [3.8, 4) is 28.3 Å². The maximum absolute atomic E-state index is 5.76. The fourth-order valence-corrected chi connectivity index (χ4v) is 11.5. The van der Waals surface area contributed by atoms with E-state index in [-0.39, 0.29) is 5.41 Å². The Morgan fingerprint density at radius 1 is 0.492 bits per heavy atom. The van der Waals surface area contributed by atoms with Gasteiger partial charge in [-0.3, -0.25) is 4.57 Å². The molecule has 14 rings (SSSR count). The maximum atomic E-state index is 5.76. The Hall–Kier alpha value is -7.56. The van der Waals surface area contributed by atoms with Crippen LogP contribution in [0.15, 0.2) is 175 Å². The third-order valence-electron chi connectivity index (χ3n) is 14.1. The van der Waals surface area contributed by atoms with E-state index in [9.17, 15) is 0 Å². The molecule has 4 nitrogen and oxygen atoms in total. The molecule has 0 N–H and O–H groups in total. The number of fused-ring (bicyclic) bond motifs is 16. The zero-order valence-corrected chi connectivity index (χ0v) is 33.9. The lowest BCUT2D eigenvalue weighted by Gasteiger charge is -2.27. The van der Waals surface area contributed by atoms with Crippen LogP contribution < -0.4 is 0 Å². The van der Waals surface area contributed by atoms with Gasteiger partial charge in [-0.2, -0.15) is 0 Å². The van der Waals surface area contributed by atoms with Crippen molar-refractivity contribution in [1.29, 1.82) is 0 Å². The highest BCUT2D eigenvalue weighted by Crippen LogP contribution is 2.53. The summed E-state index contributed by atoms with van der Waals surface area (Å²) in [5.41, 5.74) is 15.2. The van der Waals surface area contributed by atoms with E-state index in [2.05, 4.69) is 193 Å². The van der Waals surface area contributed by atoms with E-state index in [4.69, 9.17) is 9.97 Å². The normalized spacial score (nSPS) is 14.9. The van der Waals surface area contributed by atoms with Crippen LogP contribution in [0.2, 0.25) is 0 Å². The van der Waals surface area contributed by atoms with Crippen LogP contribution in [0.25, 0.3) is 115 Å². The zero-order chi connectivity index (χ0) is 40.1. The second-order valence-corrected chi connectivity index (χ2v) is 17.6. The molecule has 0 bridgehead atoms. The zero-order valence-electron chi connectivity index (χ0n) is 33.9. The molecule has 0 radical (unpaired) electrons. The molecule has 4 aromatic heterocycles. The standard InChI is InChI=1S/C57H38N4/c1-57(2)45-25-12-10-21-41(45)52-50(57)51(35-29-27-34(28-30-35)33-15-4-3-5-16-33)58-56(59-52)61-46-26-13-11-22-42(46)49-54(61)39-20-9-8-19-38(39)48-43-24-14-23-40-44-31-36-17-6-7-18-37(36)32-47(44)60(53(40)43)55(48)49/h3-11,13-24,26-32H,12,25H2,1-2H3. The van der Waals surface area contributed by atoms with Gasteiger partial charge in [0.1, 0.15) is 0 Å². The summed E-state index contributed by atoms with van der Waals surface area (Å²) in [6, 6.07) is 57.9. The lowest BCUT2D eigenvalue weighted by Crippen LogP contribution is -2.20. The molecule has 0 saturated heterocycles. The maximum Gasteiger partial charge on any atom is 0.235 e. The molecule has 0 atom stereocenters. The Balaban J connectivity index is 1.15. The average Bonchev–Trinajstić information content (AvgIpc) is 4.02. The molecule has 0 fully saturated rings. The second kappa shape index (κ2) is 11.8. The molecular weight excluding hydrogens is 741 g/mol. The number of nitrogens with zero attached hydrogens (tertiary/aromatic N) is 4. The van der Waals surface area contributed by atoms with E-state index < -0.39 is 0 Å². The smallest absolute Gasteiger partial charge is 0.235 e. The molecule has 2 aliphatic rings. The molecule has 4 heteroatoms. The Morgan fingerprint density at radius 3 is 1.97 bits per heavy atom. The fourth-order valence-electron chi connectivity index (χ4n) is 11.5. The lowest BCUT2D eigenvalue weighted by atomic mass is 9.77. The van der Waals surface area contributed by atoms with Crippen molar-refractivity contribution in [3.05, 3.63) is 187 Å². The van der Waals surface area contributed by atoms with Crippen LogP contribution in [0.1, 0.15) is 37.9 Å². The minimum atomic E-state index is -0.216. The van der Waals surface area contributed by atoms with E-state index >= 15 is 0 Å². The number of hydrogen-bond donors (Lipinski definition) is 0. The molecule has 286 valence electrons. The first-order chi connectivity index (χ1) is 30.0. The summed E-state index contributed by atoms with van der Waals surface area (Å²) in [4.78, 5) is 11.5. The highest BCUT2D eigenvalue weighted by Gasteiger charge is 2.42. The molecule has 61 heavy (non-hydrogen) atoms. The summed E-state index contributed by atoms with van der Waals surface area (Å²) in [6.07, 6.45) is 6.71. The predicted molar refractivity (Wildman–Crippen MR) is 255 cm³/mol. The van der Waals surface area contributed by atoms with E-state index in [0.717, 1.165) is 40.8 Å².